The highest BCUT2D eigenvalue weighted by atomic mass is 16.3. The van der Waals surface area contributed by atoms with Crippen LogP contribution in [0.2, 0.25) is 0 Å². The second-order valence-electron chi connectivity index (χ2n) is 13.8. The molecule has 2 heterocycles. The number of nitrogens with one attached hydrogen (secondary N) is 1. The Morgan fingerprint density at radius 2 is 0.836 bits per heavy atom. The first kappa shape index (κ1) is 32.4. The molecule has 0 bridgehead atoms. The van der Waals surface area contributed by atoms with E-state index in [2.05, 4.69) is 181 Å². The van der Waals surface area contributed by atoms with E-state index in [1.165, 1.54) is 22.3 Å². The third kappa shape index (κ3) is 6.20. The Kier molecular flexibility index (Phi) is 8.19. The van der Waals surface area contributed by atoms with Gasteiger partial charge in [0.1, 0.15) is 23.2 Å². The van der Waals surface area contributed by atoms with E-state index in [9.17, 15) is 0 Å². The number of aliphatic imine (C=N–C) groups is 2. The molecule has 9 aromatic rings. The van der Waals surface area contributed by atoms with E-state index in [0.717, 1.165) is 66.7 Å². The Hall–Kier alpha value is -7.30. The number of hydrogen-bond donors (Lipinski definition) is 1. The molecule has 8 aromatic carbocycles. The maximum absolute atomic E-state index is 6.58. The zero-order valence-corrected chi connectivity index (χ0v) is 29.9. The van der Waals surface area contributed by atoms with Crippen molar-refractivity contribution in [2.75, 3.05) is 0 Å². The van der Waals surface area contributed by atoms with Crippen molar-refractivity contribution in [2.45, 2.75) is 6.17 Å². The molecule has 0 amide bonds. The minimum absolute atomic E-state index is 0.364. The fraction of sp³-hybridized carbons (Fsp3) is 0.0196. The molecule has 0 spiro atoms. The van der Waals surface area contributed by atoms with Gasteiger partial charge in [-0.05, 0) is 68.3 Å². The molecule has 0 saturated carbocycles. The molecule has 1 aromatic heterocycles. The van der Waals surface area contributed by atoms with Gasteiger partial charge in [-0.1, -0.05) is 182 Å². The standard InChI is InChI=1S/C51H35N3O/c1-4-13-34(14-5-1)37-25-29-39(30-26-37)49-52-50(40-31-27-38(28-32-40)35-15-6-2-7-16-35)54-51(53-49)44-22-12-24-46-48(44)47-43(21-11-23-45(47)55-46)42-20-10-19-41(33-42)36-17-8-3-9-18-36/h1-33,49H,(H,52,53,54). The number of nitrogens with zero attached hydrogens (tertiary/aromatic N) is 2. The zero-order valence-electron chi connectivity index (χ0n) is 29.9. The van der Waals surface area contributed by atoms with E-state index < -0.39 is 0 Å². The lowest BCUT2D eigenvalue weighted by Gasteiger charge is -2.24. The average molecular weight is 706 g/mol. The van der Waals surface area contributed by atoms with Crippen molar-refractivity contribution >= 4 is 33.6 Å². The molecule has 260 valence electrons. The quantitative estimate of drug-likeness (QED) is 0.179. The first-order valence-corrected chi connectivity index (χ1v) is 18.6. The van der Waals surface area contributed by atoms with Gasteiger partial charge in [-0.15, -0.1) is 0 Å². The highest BCUT2D eigenvalue weighted by Gasteiger charge is 2.25. The van der Waals surface area contributed by atoms with Gasteiger partial charge in [0.15, 0.2) is 5.84 Å². The van der Waals surface area contributed by atoms with Gasteiger partial charge in [-0.25, -0.2) is 9.98 Å². The smallest absolute Gasteiger partial charge is 0.159 e. The molecule has 0 fully saturated rings. The number of rotatable bonds is 7. The first-order chi connectivity index (χ1) is 27.2. The van der Waals surface area contributed by atoms with Crippen LogP contribution >= 0.6 is 0 Å². The Balaban J connectivity index is 1.11. The van der Waals surface area contributed by atoms with Crippen molar-refractivity contribution in [1.29, 1.82) is 0 Å². The van der Waals surface area contributed by atoms with Crippen LogP contribution in [0.15, 0.2) is 215 Å². The van der Waals surface area contributed by atoms with E-state index in [1.807, 2.05) is 24.3 Å². The topological polar surface area (TPSA) is 49.9 Å². The molecule has 10 rings (SSSR count). The molecule has 0 radical (unpaired) electrons. The summed E-state index contributed by atoms with van der Waals surface area (Å²) in [6, 6.07) is 69.9. The lowest BCUT2D eigenvalue weighted by molar-refractivity contribution is 0.668. The first-order valence-electron chi connectivity index (χ1n) is 18.6. The number of fused-ring (bicyclic) bond motifs is 3. The van der Waals surface area contributed by atoms with Gasteiger partial charge >= 0.3 is 0 Å². The maximum atomic E-state index is 6.58. The number of amidine groups is 2. The zero-order chi connectivity index (χ0) is 36.6. The van der Waals surface area contributed by atoms with Crippen LogP contribution in [-0.4, -0.2) is 11.7 Å². The van der Waals surface area contributed by atoms with Crippen molar-refractivity contribution in [2.24, 2.45) is 9.98 Å². The fourth-order valence-electron chi connectivity index (χ4n) is 7.62. The van der Waals surface area contributed by atoms with Gasteiger partial charge in [0, 0.05) is 21.9 Å². The minimum atomic E-state index is -0.364. The van der Waals surface area contributed by atoms with Gasteiger partial charge < -0.3 is 9.73 Å². The molecule has 1 atom stereocenters. The monoisotopic (exact) mass is 705 g/mol. The Labute approximate surface area is 319 Å². The molecule has 4 heteroatoms. The molecule has 1 aliphatic heterocycles. The van der Waals surface area contributed by atoms with Crippen molar-refractivity contribution in [1.82, 2.24) is 5.32 Å². The van der Waals surface area contributed by atoms with Crippen molar-refractivity contribution in [3.63, 3.8) is 0 Å². The molecule has 4 nitrogen and oxygen atoms in total. The summed E-state index contributed by atoms with van der Waals surface area (Å²) < 4.78 is 6.58. The molecular formula is C51H35N3O. The molecular weight excluding hydrogens is 671 g/mol. The van der Waals surface area contributed by atoms with Crippen LogP contribution in [0.4, 0.5) is 0 Å². The predicted molar refractivity (Wildman–Crippen MR) is 227 cm³/mol. The fourth-order valence-corrected chi connectivity index (χ4v) is 7.62. The van der Waals surface area contributed by atoms with E-state index >= 15 is 0 Å². The summed E-state index contributed by atoms with van der Waals surface area (Å²) in [5, 5.41) is 5.81. The predicted octanol–water partition coefficient (Wildman–Crippen LogP) is 12.7. The van der Waals surface area contributed by atoms with Crippen LogP contribution in [0.5, 0.6) is 0 Å². The van der Waals surface area contributed by atoms with Crippen molar-refractivity contribution in [3.8, 4) is 44.5 Å². The number of benzene rings is 8. The van der Waals surface area contributed by atoms with Crippen LogP contribution in [0.3, 0.4) is 0 Å². The third-order valence-corrected chi connectivity index (χ3v) is 10.4. The Morgan fingerprint density at radius 1 is 0.382 bits per heavy atom. The lowest BCUT2D eigenvalue weighted by Crippen LogP contribution is -2.33. The summed E-state index contributed by atoms with van der Waals surface area (Å²) in [4.78, 5) is 10.5. The van der Waals surface area contributed by atoms with Crippen LogP contribution < -0.4 is 5.32 Å². The van der Waals surface area contributed by atoms with Crippen molar-refractivity contribution < 1.29 is 4.42 Å². The van der Waals surface area contributed by atoms with Gasteiger partial charge in [-0.3, -0.25) is 0 Å². The SMILES string of the molecule is c1ccc(-c2ccc(C3=NC(c4ccc(-c5ccccc5)cc4)NC(c4cccc5oc6cccc(-c7cccc(-c8ccccc8)c7)c6c45)=N3)cc2)cc1. The van der Waals surface area contributed by atoms with E-state index in [4.69, 9.17) is 14.4 Å². The molecule has 1 N–H and O–H groups in total. The van der Waals surface area contributed by atoms with E-state index in [0.29, 0.717) is 5.84 Å². The summed E-state index contributed by atoms with van der Waals surface area (Å²) in [5.41, 5.74) is 13.8. The van der Waals surface area contributed by atoms with Crippen molar-refractivity contribution in [3.05, 3.63) is 217 Å². The maximum Gasteiger partial charge on any atom is 0.159 e. The number of furan rings is 1. The molecule has 0 saturated heterocycles. The van der Waals surface area contributed by atoms with Crippen LogP contribution in [0.25, 0.3) is 66.4 Å². The summed E-state index contributed by atoms with van der Waals surface area (Å²) in [7, 11) is 0. The third-order valence-electron chi connectivity index (χ3n) is 10.4. The second kappa shape index (κ2) is 13.9. The summed E-state index contributed by atoms with van der Waals surface area (Å²) in [5.74, 6) is 1.42. The number of hydrogen-bond acceptors (Lipinski definition) is 4. The van der Waals surface area contributed by atoms with Crippen LogP contribution in [0, 0.1) is 0 Å². The van der Waals surface area contributed by atoms with E-state index in [1.54, 1.807) is 0 Å². The normalized spacial score (nSPS) is 14.0. The van der Waals surface area contributed by atoms with Gasteiger partial charge in [-0.2, -0.15) is 0 Å². The highest BCUT2D eigenvalue weighted by Crippen LogP contribution is 2.40. The average Bonchev–Trinajstić information content (AvgIpc) is 3.67. The Morgan fingerprint density at radius 3 is 1.45 bits per heavy atom. The van der Waals surface area contributed by atoms with E-state index in [-0.39, 0.29) is 6.17 Å². The van der Waals surface area contributed by atoms with Gasteiger partial charge in [0.05, 0.1) is 0 Å². The molecule has 55 heavy (non-hydrogen) atoms. The molecule has 1 unspecified atom stereocenters. The second-order valence-corrected chi connectivity index (χ2v) is 13.8. The summed E-state index contributed by atoms with van der Waals surface area (Å²) in [6.45, 7) is 0. The lowest BCUT2D eigenvalue weighted by atomic mass is 9.94. The largest absolute Gasteiger partial charge is 0.456 e. The highest BCUT2D eigenvalue weighted by molar-refractivity contribution is 6.24. The minimum Gasteiger partial charge on any atom is -0.456 e. The Bertz CT molecular complexity index is 2860. The van der Waals surface area contributed by atoms with Crippen LogP contribution in [-0.2, 0) is 0 Å². The van der Waals surface area contributed by atoms with Crippen LogP contribution in [0.1, 0.15) is 22.9 Å². The summed E-state index contributed by atoms with van der Waals surface area (Å²) in [6.07, 6.45) is -0.364. The molecule has 0 aliphatic carbocycles. The molecule has 1 aliphatic rings. The van der Waals surface area contributed by atoms with Gasteiger partial charge in [0.25, 0.3) is 0 Å². The van der Waals surface area contributed by atoms with Gasteiger partial charge in [0.2, 0.25) is 0 Å². The summed E-state index contributed by atoms with van der Waals surface area (Å²) >= 11 is 0.